The SMILES string of the molecule is C1=Cc2ccc(-c3ccc4c(c3)c3ncccc3n4-c3ccccn3)cc2C2(c3ccccc31)c1ccccc1-c1c2ccc2c1sc1ccccc12. The molecule has 4 aromatic heterocycles. The van der Waals surface area contributed by atoms with E-state index in [2.05, 4.69) is 150 Å². The van der Waals surface area contributed by atoms with Gasteiger partial charge < -0.3 is 0 Å². The minimum Gasteiger partial charge on any atom is -0.292 e. The van der Waals surface area contributed by atoms with Crippen LogP contribution in [-0.4, -0.2) is 14.5 Å². The maximum absolute atomic E-state index is 4.89. The topological polar surface area (TPSA) is 30.7 Å². The first-order valence-corrected chi connectivity index (χ1v) is 18.9. The molecule has 0 bridgehead atoms. The Morgan fingerprint density at radius 3 is 2.19 bits per heavy atom. The van der Waals surface area contributed by atoms with Gasteiger partial charge in [-0.3, -0.25) is 9.55 Å². The van der Waals surface area contributed by atoms with Crippen LogP contribution in [0.5, 0.6) is 0 Å². The number of hydrogen-bond donors (Lipinski definition) is 0. The summed E-state index contributed by atoms with van der Waals surface area (Å²) in [5.74, 6) is 0.886. The number of pyridine rings is 2. The first kappa shape index (κ1) is 29.0. The number of thiophene rings is 1. The van der Waals surface area contributed by atoms with E-state index in [-0.39, 0.29) is 0 Å². The average molecular weight is 692 g/mol. The molecular formula is C49H29N3S. The van der Waals surface area contributed by atoms with Gasteiger partial charge in [0, 0.05) is 43.5 Å². The number of nitrogens with zero attached hydrogens (tertiary/aromatic N) is 3. The van der Waals surface area contributed by atoms with Crippen molar-refractivity contribution in [3.8, 4) is 28.1 Å². The van der Waals surface area contributed by atoms with Crippen molar-refractivity contribution < 1.29 is 0 Å². The highest BCUT2D eigenvalue weighted by atomic mass is 32.1. The number of benzene rings is 6. The average Bonchev–Trinajstić information content (AvgIpc) is 3.83. The summed E-state index contributed by atoms with van der Waals surface area (Å²) in [5, 5.41) is 3.77. The van der Waals surface area contributed by atoms with Crippen LogP contribution in [0.25, 0.3) is 82.3 Å². The standard InChI is InChI=1S/C49H29N3S/c1-4-13-38-30(10-1)18-19-31-20-21-33(32-22-25-42-37(28-32)47-43(15-9-27-51-47)52(42)45-17-7-8-26-50-45)29-41(31)49(38)39-14-5-2-12-36(39)46-40(49)24-23-35-34-11-3-6-16-44(34)53-48(35)46/h1-29H. The van der Waals surface area contributed by atoms with Gasteiger partial charge in [-0.2, -0.15) is 0 Å². The van der Waals surface area contributed by atoms with Gasteiger partial charge in [0.1, 0.15) is 5.82 Å². The van der Waals surface area contributed by atoms with Crippen molar-refractivity contribution in [1.82, 2.24) is 14.5 Å². The number of fused-ring (bicyclic) bond motifs is 16. The van der Waals surface area contributed by atoms with Gasteiger partial charge in [-0.25, -0.2) is 4.98 Å². The molecule has 1 spiro atoms. The molecule has 6 aromatic carbocycles. The van der Waals surface area contributed by atoms with Gasteiger partial charge in [0.15, 0.2) is 0 Å². The van der Waals surface area contributed by atoms with Crippen LogP contribution in [0, 0.1) is 0 Å². The van der Waals surface area contributed by atoms with Crippen molar-refractivity contribution in [2.75, 3.05) is 0 Å². The quantitative estimate of drug-likeness (QED) is 0.181. The molecule has 0 radical (unpaired) electrons. The predicted octanol–water partition coefficient (Wildman–Crippen LogP) is 12.5. The largest absolute Gasteiger partial charge is 0.292 e. The van der Waals surface area contributed by atoms with Gasteiger partial charge in [0.2, 0.25) is 0 Å². The molecule has 53 heavy (non-hydrogen) atoms. The third kappa shape index (κ3) is 3.83. The number of rotatable bonds is 2. The molecule has 1 unspecified atom stereocenters. The fraction of sp³-hybridized carbons (Fsp3) is 0.0204. The van der Waals surface area contributed by atoms with Crippen LogP contribution in [0.3, 0.4) is 0 Å². The van der Waals surface area contributed by atoms with Crippen LogP contribution in [0.4, 0.5) is 0 Å². The zero-order valence-corrected chi connectivity index (χ0v) is 29.3. The summed E-state index contributed by atoms with van der Waals surface area (Å²) in [7, 11) is 0. The molecule has 4 heterocycles. The monoisotopic (exact) mass is 691 g/mol. The van der Waals surface area contributed by atoms with E-state index in [0.29, 0.717) is 0 Å². The van der Waals surface area contributed by atoms with Crippen molar-refractivity contribution in [2.24, 2.45) is 0 Å². The van der Waals surface area contributed by atoms with Crippen LogP contribution in [0.1, 0.15) is 33.4 Å². The van der Waals surface area contributed by atoms with E-state index in [1.165, 1.54) is 70.2 Å². The van der Waals surface area contributed by atoms with Gasteiger partial charge in [0.05, 0.1) is 22.0 Å². The predicted molar refractivity (Wildman–Crippen MR) is 221 cm³/mol. The van der Waals surface area contributed by atoms with Crippen LogP contribution in [0.15, 0.2) is 164 Å². The molecule has 1 atom stereocenters. The second kappa shape index (κ2) is 10.7. The Morgan fingerprint density at radius 1 is 0.491 bits per heavy atom. The van der Waals surface area contributed by atoms with Gasteiger partial charge in [0.25, 0.3) is 0 Å². The van der Waals surface area contributed by atoms with Gasteiger partial charge in [-0.15, -0.1) is 11.3 Å². The van der Waals surface area contributed by atoms with Gasteiger partial charge in [-0.05, 0) is 98.6 Å². The van der Waals surface area contributed by atoms with Crippen molar-refractivity contribution in [1.29, 1.82) is 0 Å². The lowest BCUT2D eigenvalue weighted by atomic mass is 9.65. The Hall–Kier alpha value is -6.62. The molecule has 0 saturated carbocycles. The number of aromatic nitrogens is 3. The maximum Gasteiger partial charge on any atom is 0.137 e. The van der Waals surface area contributed by atoms with E-state index >= 15 is 0 Å². The van der Waals surface area contributed by atoms with Crippen molar-refractivity contribution in [2.45, 2.75) is 5.41 Å². The molecule has 12 rings (SSSR count). The molecule has 10 aromatic rings. The molecular weight excluding hydrogens is 663 g/mol. The summed E-state index contributed by atoms with van der Waals surface area (Å²) < 4.78 is 4.91. The first-order chi connectivity index (χ1) is 26.3. The third-order valence-electron chi connectivity index (χ3n) is 11.5. The van der Waals surface area contributed by atoms with Crippen molar-refractivity contribution >= 4 is 65.6 Å². The van der Waals surface area contributed by atoms with Crippen LogP contribution >= 0.6 is 11.3 Å². The van der Waals surface area contributed by atoms with E-state index in [9.17, 15) is 0 Å². The summed E-state index contributed by atoms with van der Waals surface area (Å²) in [5.41, 5.74) is 15.4. The molecule has 2 aliphatic rings. The van der Waals surface area contributed by atoms with Crippen LogP contribution in [0.2, 0.25) is 0 Å². The first-order valence-electron chi connectivity index (χ1n) is 18.1. The molecule has 0 amide bonds. The molecule has 4 heteroatoms. The fourth-order valence-corrected chi connectivity index (χ4v) is 10.6. The zero-order chi connectivity index (χ0) is 34.7. The van der Waals surface area contributed by atoms with E-state index in [0.717, 1.165) is 33.3 Å². The minimum absolute atomic E-state index is 0.512. The lowest BCUT2D eigenvalue weighted by Crippen LogP contribution is -2.30. The lowest BCUT2D eigenvalue weighted by molar-refractivity contribution is 0.767. The van der Waals surface area contributed by atoms with E-state index < -0.39 is 5.41 Å². The van der Waals surface area contributed by atoms with Crippen LogP contribution < -0.4 is 0 Å². The highest BCUT2D eigenvalue weighted by Gasteiger charge is 2.49. The molecule has 2 aliphatic carbocycles. The highest BCUT2D eigenvalue weighted by Crippen LogP contribution is 2.61. The maximum atomic E-state index is 4.89. The Balaban J connectivity index is 1.15. The van der Waals surface area contributed by atoms with Crippen LogP contribution in [-0.2, 0) is 5.41 Å². The second-order valence-corrected chi connectivity index (χ2v) is 15.2. The summed E-state index contributed by atoms with van der Waals surface area (Å²) in [6.45, 7) is 0. The summed E-state index contributed by atoms with van der Waals surface area (Å²) >= 11 is 1.92. The van der Waals surface area contributed by atoms with E-state index in [1.54, 1.807) is 0 Å². The summed E-state index contributed by atoms with van der Waals surface area (Å²) in [6, 6.07) is 55.9. The number of hydrogen-bond acceptors (Lipinski definition) is 3. The molecule has 0 saturated heterocycles. The van der Waals surface area contributed by atoms with E-state index in [1.807, 2.05) is 41.9 Å². The smallest absolute Gasteiger partial charge is 0.137 e. The Morgan fingerprint density at radius 2 is 1.26 bits per heavy atom. The Labute approximate surface area is 309 Å². The van der Waals surface area contributed by atoms with E-state index in [4.69, 9.17) is 9.97 Å². The molecule has 3 nitrogen and oxygen atoms in total. The van der Waals surface area contributed by atoms with Gasteiger partial charge in [-0.1, -0.05) is 115 Å². The minimum atomic E-state index is -0.512. The summed E-state index contributed by atoms with van der Waals surface area (Å²) in [4.78, 5) is 9.61. The normalized spacial score (nSPS) is 15.5. The summed E-state index contributed by atoms with van der Waals surface area (Å²) in [6.07, 6.45) is 8.36. The molecule has 0 aliphatic heterocycles. The highest BCUT2D eigenvalue weighted by molar-refractivity contribution is 7.26. The van der Waals surface area contributed by atoms with Crippen molar-refractivity contribution in [3.05, 3.63) is 197 Å². The van der Waals surface area contributed by atoms with Gasteiger partial charge >= 0.3 is 0 Å². The zero-order valence-electron chi connectivity index (χ0n) is 28.5. The Bertz CT molecular complexity index is 3180. The molecule has 0 fully saturated rings. The Kier molecular flexibility index (Phi) is 5.86. The fourth-order valence-electron chi connectivity index (χ4n) is 9.38. The third-order valence-corrected chi connectivity index (χ3v) is 12.8. The molecule has 0 N–H and O–H groups in total. The van der Waals surface area contributed by atoms with Crippen molar-refractivity contribution in [3.63, 3.8) is 0 Å². The second-order valence-electron chi connectivity index (χ2n) is 14.1. The molecule has 246 valence electrons. The lowest BCUT2D eigenvalue weighted by Gasteiger charge is -2.35.